The number of piperazine rings is 1. The quantitative estimate of drug-likeness (QED) is 0.817. The number of hydrogen-bond donors (Lipinski definition) is 2. The maximum absolute atomic E-state index is 12.3. The SMILES string of the molecule is Cc1cccc(N2CC[NH+](CC(=O)Nc3cccnc3Cl)CC2)c1C. The van der Waals surface area contributed by atoms with Gasteiger partial charge in [-0.3, -0.25) is 4.79 Å². The first-order valence-corrected chi connectivity index (χ1v) is 8.97. The van der Waals surface area contributed by atoms with Crippen LogP contribution < -0.4 is 15.1 Å². The van der Waals surface area contributed by atoms with Crippen molar-refractivity contribution in [1.82, 2.24) is 4.98 Å². The molecular formula is C19H24ClN4O+. The van der Waals surface area contributed by atoms with Crippen LogP contribution in [0, 0.1) is 13.8 Å². The molecule has 1 amide bonds. The number of halogens is 1. The van der Waals surface area contributed by atoms with E-state index in [0.717, 1.165) is 26.2 Å². The molecule has 6 heteroatoms. The minimum absolute atomic E-state index is 0.0231. The van der Waals surface area contributed by atoms with Gasteiger partial charge in [-0.05, 0) is 43.2 Å². The lowest BCUT2D eigenvalue weighted by Crippen LogP contribution is -3.15. The van der Waals surface area contributed by atoms with Crippen LogP contribution in [0.1, 0.15) is 11.1 Å². The average molecular weight is 360 g/mol. The van der Waals surface area contributed by atoms with Crippen molar-refractivity contribution in [1.29, 1.82) is 0 Å². The second kappa shape index (κ2) is 7.85. The summed E-state index contributed by atoms with van der Waals surface area (Å²) < 4.78 is 0. The summed E-state index contributed by atoms with van der Waals surface area (Å²) in [7, 11) is 0. The smallest absolute Gasteiger partial charge is 0.279 e. The van der Waals surface area contributed by atoms with Gasteiger partial charge in [0.05, 0.1) is 31.9 Å². The molecule has 1 aliphatic heterocycles. The summed E-state index contributed by atoms with van der Waals surface area (Å²) in [5.41, 5.74) is 4.54. The van der Waals surface area contributed by atoms with E-state index in [1.165, 1.54) is 21.7 Å². The second-order valence-corrected chi connectivity index (χ2v) is 6.88. The third-order valence-corrected chi connectivity index (χ3v) is 5.13. The van der Waals surface area contributed by atoms with Crippen LogP contribution in [-0.2, 0) is 4.79 Å². The molecule has 0 unspecified atom stereocenters. The Bertz CT molecular complexity index is 757. The van der Waals surface area contributed by atoms with Gasteiger partial charge in [-0.1, -0.05) is 23.7 Å². The van der Waals surface area contributed by atoms with Crippen molar-refractivity contribution in [3.63, 3.8) is 0 Å². The van der Waals surface area contributed by atoms with E-state index >= 15 is 0 Å². The van der Waals surface area contributed by atoms with Gasteiger partial charge in [0, 0.05) is 11.9 Å². The second-order valence-electron chi connectivity index (χ2n) is 6.52. The Kier molecular flexibility index (Phi) is 5.56. The molecule has 0 saturated carbocycles. The molecule has 1 fully saturated rings. The van der Waals surface area contributed by atoms with Crippen molar-refractivity contribution >= 4 is 28.9 Å². The number of benzene rings is 1. The van der Waals surface area contributed by atoms with Crippen LogP contribution in [0.25, 0.3) is 0 Å². The highest BCUT2D eigenvalue weighted by Crippen LogP contribution is 2.22. The topological polar surface area (TPSA) is 49.7 Å². The zero-order valence-electron chi connectivity index (χ0n) is 14.7. The number of amides is 1. The number of hydrogen-bond acceptors (Lipinski definition) is 3. The Morgan fingerprint density at radius 1 is 1.24 bits per heavy atom. The van der Waals surface area contributed by atoms with Gasteiger partial charge in [0.1, 0.15) is 0 Å². The molecule has 5 nitrogen and oxygen atoms in total. The lowest BCUT2D eigenvalue weighted by molar-refractivity contribution is -0.892. The highest BCUT2D eigenvalue weighted by Gasteiger charge is 2.23. The molecule has 0 aliphatic carbocycles. The fourth-order valence-corrected chi connectivity index (χ4v) is 3.39. The molecule has 132 valence electrons. The Balaban J connectivity index is 1.53. The number of anilines is 2. The highest BCUT2D eigenvalue weighted by molar-refractivity contribution is 6.32. The van der Waals surface area contributed by atoms with Crippen LogP contribution >= 0.6 is 11.6 Å². The fraction of sp³-hybridized carbons (Fsp3) is 0.368. The molecule has 0 spiro atoms. The van der Waals surface area contributed by atoms with Crippen molar-refractivity contribution in [3.8, 4) is 0 Å². The maximum atomic E-state index is 12.3. The lowest BCUT2D eigenvalue weighted by atomic mass is 10.1. The number of aromatic nitrogens is 1. The Morgan fingerprint density at radius 2 is 2.00 bits per heavy atom. The zero-order valence-corrected chi connectivity index (χ0v) is 15.4. The normalized spacial score (nSPS) is 15.2. The van der Waals surface area contributed by atoms with Gasteiger partial charge in [-0.25, -0.2) is 4.98 Å². The van der Waals surface area contributed by atoms with E-state index < -0.39 is 0 Å². The first kappa shape index (κ1) is 17.7. The van der Waals surface area contributed by atoms with E-state index in [4.69, 9.17) is 11.6 Å². The van der Waals surface area contributed by atoms with E-state index in [1.807, 2.05) is 0 Å². The predicted octanol–water partition coefficient (Wildman–Crippen LogP) is 1.70. The maximum Gasteiger partial charge on any atom is 0.279 e. The Morgan fingerprint density at radius 3 is 2.72 bits per heavy atom. The van der Waals surface area contributed by atoms with Crippen molar-refractivity contribution in [2.45, 2.75) is 13.8 Å². The van der Waals surface area contributed by atoms with Crippen molar-refractivity contribution in [3.05, 3.63) is 52.8 Å². The molecule has 0 atom stereocenters. The first-order chi connectivity index (χ1) is 12.0. The van der Waals surface area contributed by atoms with Gasteiger partial charge >= 0.3 is 0 Å². The fourth-order valence-electron chi connectivity index (χ4n) is 3.22. The summed E-state index contributed by atoms with van der Waals surface area (Å²) in [5, 5.41) is 3.17. The molecule has 0 bridgehead atoms. The molecule has 1 saturated heterocycles. The molecule has 1 aromatic carbocycles. The number of aryl methyl sites for hydroxylation is 1. The van der Waals surface area contributed by atoms with E-state index in [1.54, 1.807) is 18.3 Å². The van der Waals surface area contributed by atoms with E-state index in [9.17, 15) is 4.79 Å². The van der Waals surface area contributed by atoms with Crippen LogP contribution in [0.2, 0.25) is 5.15 Å². The van der Waals surface area contributed by atoms with Crippen molar-refractivity contribution in [2.75, 3.05) is 42.9 Å². The van der Waals surface area contributed by atoms with Crippen LogP contribution in [-0.4, -0.2) is 43.6 Å². The molecule has 0 radical (unpaired) electrons. The standard InChI is InChI=1S/C19H23ClN4O/c1-14-5-3-7-17(15(14)2)24-11-9-23(10-12-24)13-18(25)22-16-6-4-8-21-19(16)20/h3-8H,9-13H2,1-2H3,(H,22,25)/p+1. The van der Waals surface area contributed by atoms with E-state index in [0.29, 0.717) is 17.4 Å². The highest BCUT2D eigenvalue weighted by atomic mass is 35.5. The summed E-state index contributed by atoms with van der Waals surface area (Å²) >= 11 is 5.99. The summed E-state index contributed by atoms with van der Waals surface area (Å²) in [4.78, 5) is 19.9. The van der Waals surface area contributed by atoms with Gasteiger partial charge in [0.25, 0.3) is 5.91 Å². The third kappa shape index (κ3) is 4.30. The van der Waals surface area contributed by atoms with Gasteiger partial charge in [-0.15, -0.1) is 0 Å². The summed E-state index contributed by atoms with van der Waals surface area (Å²) in [6.07, 6.45) is 1.61. The van der Waals surface area contributed by atoms with Gasteiger partial charge in [0.2, 0.25) is 0 Å². The molecule has 2 N–H and O–H groups in total. The van der Waals surface area contributed by atoms with Gasteiger partial charge in [-0.2, -0.15) is 0 Å². The van der Waals surface area contributed by atoms with E-state index in [-0.39, 0.29) is 5.91 Å². The number of quaternary nitrogens is 1. The molecule has 2 heterocycles. The summed E-state index contributed by atoms with van der Waals surface area (Å²) in [6.45, 7) is 8.58. The number of nitrogens with one attached hydrogen (secondary N) is 2. The number of carbonyl (C=O) groups is 1. The number of carbonyl (C=O) groups excluding carboxylic acids is 1. The number of pyridine rings is 1. The number of rotatable bonds is 4. The number of nitrogens with zero attached hydrogens (tertiary/aromatic N) is 2. The molecule has 1 aliphatic rings. The Labute approximate surface area is 153 Å². The van der Waals surface area contributed by atoms with Crippen LogP contribution in [0.4, 0.5) is 11.4 Å². The molecule has 3 rings (SSSR count). The van der Waals surface area contributed by atoms with Crippen LogP contribution in [0.3, 0.4) is 0 Å². The largest absolute Gasteiger partial charge is 0.360 e. The summed E-state index contributed by atoms with van der Waals surface area (Å²) in [6, 6.07) is 9.97. The molecule has 25 heavy (non-hydrogen) atoms. The minimum atomic E-state index is -0.0231. The van der Waals surface area contributed by atoms with Crippen LogP contribution in [0.15, 0.2) is 36.5 Å². The first-order valence-electron chi connectivity index (χ1n) is 8.59. The summed E-state index contributed by atoms with van der Waals surface area (Å²) in [5.74, 6) is -0.0231. The third-order valence-electron chi connectivity index (χ3n) is 4.83. The van der Waals surface area contributed by atoms with Crippen LogP contribution in [0.5, 0.6) is 0 Å². The molecule has 2 aromatic rings. The van der Waals surface area contributed by atoms with Gasteiger partial charge < -0.3 is 15.1 Å². The average Bonchev–Trinajstić information content (AvgIpc) is 2.60. The molecular weight excluding hydrogens is 336 g/mol. The zero-order chi connectivity index (χ0) is 17.8. The predicted molar refractivity (Wildman–Crippen MR) is 102 cm³/mol. The lowest BCUT2D eigenvalue weighted by Gasteiger charge is -2.34. The minimum Gasteiger partial charge on any atom is -0.360 e. The van der Waals surface area contributed by atoms with Crippen molar-refractivity contribution < 1.29 is 9.69 Å². The molecule has 1 aromatic heterocycles. The van der Waals surface area contributed by atoms with E-state index in [2.05, 4.69) is 47.2 Å². The monoisotopic (exact) mass is 359 g/mol. The Hall–Kier alpha value is -2.11. The van der Waals surface area contributed by atoms with Gasteiger partial charge in [0.15, 0.2) is 11.7 Å². The van der Waals surface area contributed by atoms with Crippen molar-refractivity contribution in [2.24, 2.45) is 0 Å².